The van der Waals surface area contributed by atoms with Crippen LogP contribution in [0.2, 0.25) is 5.02 Å². The number of nitrogens with one attached hydrogen (secondary N) is 1. The van der Waals surface area contributed by atoms with Crippen LogP contribution >= 0.6 is 11.6 Å². The fourth-order valence-corrected chi connectivity index (χ4v) is 3.06. The number of halogens is 1. The summed E-state index contributed by atoms with van der Waals surface area (Å²) in [5.41, 5.74) is 2.61. The predicted molar refractivity (Wildman–Crippen MR) is 125 cm³/mol. The van der Waals surface area contributed by atoms with E-state index in [0.717, 1.165) is 11.1 Å². The molecule has 0 aliphatic heterocycles. The zero-order valence-electron chi connectivity index (χ0n) is 17.7. The van der Waals surface area contributed by atoms with E-state index >= 15 is 0 Å². The highest BCUT2D eigenvalue weighted by molar-refractivity contribution is 6.30. The van der Waals surface area contributed by atoms with E-state index in [-0.39, 0.29) is 5.57 Å². The van der Waals surface area contributed by atoms with Crippen molar-refractivity contribution in [3.05, 3.63) is 100 Å². The van der Waals surface area contributed by atoms with Crippen LogP contribution in [0.15, 0.2) is 78.4 Å². The molecule has 0 radical (unpaired) electrons. The summed E-state index contributed by atoms with van der Waals surface area (Å²) in [6.07, 6.45) is 1.53. The van der Waals surface area contributed by atoms with Crippen LogP contribution in [0.5, 0.6) is 11.5 Å². The van der Waals surface area contributed by atoms with Gasteiger partial charge in [-0.1, -0.05) is 60.1 Å². The van der Waals surface area contributed by atoms with Gasteiger partial charge in [-0.05, 0) is 54.0 Å². The molecule has 0 unspecified atom stereocenters. The molecule has 1 N–H and O–H groups in total. The van der Waals surface area contributed by atoms with Crippen molar-refractivity contribution in [2.45, 2.75) is 20.1 Å². The summed E-state index contributed by atoms with van der Waals surface area (Å²) in [5.74, 6) is 0.681. The molecule has 5 nitrogen and oxygen atoms in total. The minimum Gasteiger partial charge on any atom is -0.490 e. The Morgan fingerprint density at radius 2 is 1.75 bits per heavy atom. The second-order valence-corrected chi connectivity index (χ2v) is 7.33. The van der Waals surface area contributed by atoms with Crippen molar-refractivity contribution in [1.29, 1.82) is 5.26 Å². The number of ether oxygens (including phenoxy) is 2. The Kier molecular flexibility index (Phi) is 8.30. The van der Waals surface area contributed by atoms with Crippen LogP contribution in [-0.4, -0.2) is 12.5 Å². The summed E-state index contributed by atoms with van der Waals surface area (Å²) >= 11 is 5.92. The fraction of sp³-hybridized carbons (Fsp3) is 0.154. The molecule has 3 rings (SSSR count). The number of nitrogens with zero attached hydrogens (tertiary/aromatic N) is 1. The molecule has 0 spiro atoms. The molecule has 0 atom stereocenters. The number of nitriles is 1. The first kappa shape index (κ1) is 22.9. The summed E-state index contributed by atoms with van der Waals surface area (Å²) in [7, 11) is 0. The monoisotopic (exact) mass is 446 g/mol. The predicted octanol–water partition coefficient (Wildman–Crippen LogP) is 5.54. The Morgan fingerprint density at radius 1 is 1.00 bits per heavy atom. The van der Waals surface area contributed by atoms with Crippen LogP contribution in [-0.2, 0) is 17.9 Å². The smallest absolute Gasteiger partial charge is 0.262 e. The largest absolute Gasteiger partial charge is 0.490 e. The van der Waals surface area contributed by atoms with Crippen molar-refractivity contribution < 1.29 is 14.3 Å². The van der Waals surface area contributed by atoms with E-state index < -0.39 is 5.91 Å². The lowest BCUT2D eigenvalue weighted by atomic mass is 10.1. The van der Waals surface area contributed by atoms with Crippen LogP contribution in [0, 0.1) is 11.3 Å². The molecule has 3 aromatic carbocycles. The van der Waals surface area contributed by atoms with E-state index in [1.807, 2.05) is 67.6 Å². The molecular formula is C26H23ClN2O3. The third kappa shape index (κ3) is 6.63. The number of hydrogen-bond acceptors (Lipinski definition) is 4. The average molecular weight is 447 g/mol. The maximum Gasteiger partial charge on any atom is 0.262 e. The maximum absolute atomic E-state index is 12.4. The molecule has 0 bridgehead atoms. The van der Waals surface area contributed by atoms with Gasteiger partial charge in [0.25, 0.3) is 5.91 Å². The Bertz CT molecular complexity index is 1120. The lowest BCUT2D eigenvalue weighted by Crippen LogP contribution is -2.23. The quantitative estimate of drug-likeness (QED) is 0.346. The Hall–Kier alpha value is -3.75. The van der Waals surface area contributed by atoms with Crippen molar-refractivity contribution in [2.24, 2.45) is 0 Å². The molecule has 0 heterocycles. The van der Waals surface area contributed by atoms with Gasteiger partial charge in [-0.15, -0.1) is 0 Å². The minimum absolute atomic E-state index is 0.0122. The first-order chi connectivity index (χ1) is 15.6. The van der Waals surface area contributed by atoms with Gasteiger partial charge < -0.3 is 14.8 Å². The molecule has 32 heavy (non-hydrogen) atoms. The van der Waals surface area contributed by atoms with Crippen molar-refractivity contribution in [1.82, 2.24) is 5.32 Å². The van der Waals surface area contributed by atoms with Crippen molar-refractivity contribution in [2.75, 3.05) is 6.61 Å². The van der Waals surface area contributed by atoms with Gasteiger partial charge in [0.05, 0.1) is 6.61 Å². The Balaban J connectivity index is 1.72. The van der Waals surface area contributed by atoms with E-state index in [9.17, 15) is 10.1 Å². The van der Waals surface area contributed by atoms with E-state index in [1.54, 1.807) is 18.2 Å². The zero-order valence-corrected chi connectivity index (χ0v) is 18.4. The number of amides is 1. The Morgan fingerprint density at radius 3 is 2.44 bits per heavy atom. The summed E-state index contributed by atoms with van der Waals surface area (Å²) in [6, 6.07) is 24.2. The number of carbonyl (C=O) groups excluding carboxylic acids is 1. The van der Waals surface area contributed by atoms with Gasteiger partial charge in [-0.2, -0.15) is 5.26 Å². The minimum atomic E-state index is -0.433. The number of benzene rings is 3. The average Bonchev–Trinajstić information content (AvgIpc) is 2.82. The van der Waals surface area contributed by atoms with Crippen LogP contribution in [0.3, 0.4) is 0 Å². The second-order valence-electron chi connectivity index (χ2n) is 6.89. The number of hydrogen-bond donors (Lipinski definition) is 1. The highest BCUT2D eigenvalue weighted by atomic mass is 35.5. The third-order valence-electron chi connectivity index (χ3n) is 4.55. The zero-order chi connectivity index (χ0) is 22.8. The standard InChI is InChI=1S/C26H23ClN2O3/c1-2-31-25-15-21(10-13-24(25)32-18-20-8-11-23(27)12-9-20)14-22(16-28)26(30)29-17-19-6-4-3-5-7-19/h3-15H,2,17-18H2,1H3,(H,29,30). The van der Waals surface area contributed by atoms with Gasteiger partial charge in [0, 0.05) is 11.6 Å². The SMILES string of the molecule is CCOc1cc(C=C(C#N)C(=O)NCc2ccccc2)ccc1OCc1ccc(Cl)cc1. The van der Waals surface area contributed by atoms with Crippen molar-refractivity contribution in [3.8, 4) is 17.6 Å². The topological polar surface area (TPSA) is 71.3 Å². The molecular weight excluding hydrogens is 424 g/mol. The van der Waals surface area contributed by atoms with Gasteiger partial charge in [-0.25, -0.2) is 0 Å². The molecule has 162 valence electrons. The fourth-order valence-electron chi connectivity index (χ4n) is 2.93. The van der Waals surface area contributed by atoms with E-state index in [0.29, 0.717) is 41.8 Å². The highest BCUT2D eigenvalue weighted by Crippen LogP contribution is 2.30. The third-order valence-corrected chi connectivity index (χ3v) is 4.80. The van der Waals surface area contributed by atoms with E-state index in [2.05, 4.69) is 5.32 Å². The highest BCUT2D eigenvalue weighted by Gasteiger charge is 2.11. The van der Waals surface area contributed by atoms with E-state index in [1.165, 1.54) is 6.08 Å². The van der Waals surface area contributed by atoms with Crippen molar-refractivity contribution >= 4 is 23.6 Å². The van der Waals surface area contributed by atoms with Crippen LogP contribution in [0.4, 0.5) is 0 Å². The van der Waals surface area contributed by atoms with Crippen LogP contribution in [0.1, 0.15) is 23.6 Å². The molecule has 3 aromatic rings. The van der Waals surface area contributed by atoms with Gasteiger partial charge in [-0.3, -0.25) is 4.79 Å². The Labute approximate surface area is 192 Å². The van der Waals surface area contributed by atoms with Gasteiger partial charge in [0.2, 0.25) is 0 Å². The molecule has 6 heteroatoms. The molecule has 0 fully saturated rings. The van der Waals surface area contributed by atoms with Gasteiger partial charge in [0.15, 0.2) is 11.5 Å². The van der Waals surface area contributed by atoms with E-state index in [4.69, 9.17) is 21.1 Å². The van der Waals surface area contributed by atoms with Crippen LogP contribution in [0.25, 0.3) is 6.08 Å². The normalized spacial score (nSPS) is 10.8. The molecule has 0 aliphatic carbocycles. The molecule has 1 amide bonds. The summed E-state index contributed by atoms with van der Waals surface area (Å²) in [5, 5.41) is 12.9. The molecule has 0 aromatic heterocycles. The van der Waals surface area contributed by atoms with Gasteiger partial charge in [0.1, 0.15) is 18.2 Å². The van der Waals surface area contributed by atoms with Crippen LogP contribution < -0.4 is 14.8 Å². The molecule has 0 saturated carbocycles. The number of carbonyl (C=O) groups is 1. The van der Waals surface area contributed by atoms with Crippen molar-refractivity contribution in [3.63, 3.8) is 0 Å². The summed E-state index contributed by atoms with van der Waals surface area (Å²) < 4.78 is 11.6. The maximum atomic E-state index is 12.4. The first-order valence-electron chi connectivity index (χ1n) is 10.2. The van der Waals surface area contributed by atoms with Gasteiger partial charge >= 0.3 is 0 Å². The molecule has 0 saturated heterocycles. The molecule has 0 aliphatic rings. The summed E-state index contributed by atoms with van der Waals surface area (Å²) in [4.78, 5) is 12.4. The lowest BCUT2D eigenvalue weighted by molar-refractivity contribution is -0.117. The number of rotatable bonds is 9. The lowest BCUT2D eigenvalue weighted by Gasteiger charge is -2.13. The summed E-state index contributed by atoms with van der Waals surface area (Å²) in [6.45, 7) is 3.04. The first-order valence-corrected chi connectivity index (χ1v) is 10.5. The second kappa shape index (κ2) is 11.6.